The highest BCUT2D eigenvalue weighted by molar-refractivity contribution is 6.39. The number of amides is 2. The molecule has 2 N–H and O–H groups in total. The number of hydrogen-bond donors (Lipinski definition) is 2. The van der Waals surface area contributed by atoms with Crippen LogP contribution in [0, 0.1) is 0 Å². The Balaban J connectivity index is 2.63. The summed E-state index contributed by atoms with van der Waals surface area (Å²) in [5, 5.41) is 4.57. The molecule has 0 aliphatic rings. The van der Waals surface area contributed by atoms with E-state index in [-0.39, 0.29) is 5.69 Å². The standard InChI is InChI=1S/C12H13F3N2O2/c1-2-7-16-10(18)11(19)17-9-5-3-8(4-6-9)12(13,14)15/h3-6H,2,7H2,1H3,(H,16,18)(H,17,19). The molecule has 0 heterocycles. The maximum atomic E-state index is 12.3. The Labute approximate surface area is 108 Å². The van der Waals surface area contributed by atoms with Gasteiger partial charge in [0.1, 0.15) is 0 Å². The lowest BCUT2D eigenvalue weighted by Crippen LogP contribution is -2.35. The molecule has 0 unspecified atom stereocenters. The van der Waals surface area contributed by atoms with Crippen LogP contribution in [0.2, 0.25) is 0 Å². The zero-order valence-electron chi connectivity index (χ0n) is 10.2. The third-order valence-electron chi connectivity index (χ3n) is 2.21. The Morgan fingerprint density at radius 3 is 2.16 bits per heavy atom. The number of rotatable bonds is 3. The van der Waals surface area contributed by atoms with Gasteiger partial charge in [-0.3, -0.25) is 9.59 Å². The molecule has 7 heteroatoms. The number of carbonyl (C=O) groups is 2. The highest BCUT2D eigenvalue weighted by atomic mass is 19.4. The number of carbonyl (C=O) groups excluding carboxylic acids is 2. The van der Waals surface area contributed by atoms with Crippen LogP contribution >= 0.6 is 0 Å². The molecule has 0 aliphatic carbocycles. The van der Waals surface area contributed by atoms with E-state index in [2.05, 4.69) is 10.6 Å². The quantitative estimate of drug-likeness (QED) is 0.830. The van der Waals surface area contributed by atoms with Gasteiger partial charge in [-0.05, 0) is 30.7 Å². The third-order valence-corrected chi connectivity index (χ3v) is 2.21. The summed E-state index contributed by atoms with van der Waals surface area (Å²) >= 11 is 0. The van der Waals surface area contributed by atoms with Crippen molar-refractivity contribution in [2.75, 3.05) is 11.9 Å². The SMILES string of the molecule is CCCNC(=O)C(=O)Nc1ccc(C(F)(F)F)cc1. The number of alkyl halides is 3. The van der Waals surface area contributed by atoms with E-state index in [9.17, 15) is 22.8 Å². The van der Waals surface area contributed by atoms with E-state index >= 15 is 0 Å². The maximum Gasteiger partial charge on any atom is 0.416 e. The monoisotopic (exact) mass is 274 g/mol. The summed E-state index contributed by atoms with van der Waals surface area (Å²) < 4.78 is 36.9. The summed E-state index contributed by atoms with van der Waals surface area (Å²) in [5.74, 6) is -1.73. The average molecular weight is 274 g/mol. The van der Waals surface area contributed by atoms with Crippen molar-refractivity contribution in [3.63, 3.8) is 0 Å². The topological polar surface area (TPSA) is 58.2 Å². The molecule has 0 radical (unpaired) electrons. The van der Waals surface area contributed by atoms with Gasteiger partial charge in [0.05, 0.1) is 5.56 Å². The molecule has 104 valence electrons. The van der Waals surface area contributed by atoms with Gasteiger partial charge in [-0.1, -0.05) is 6.92 Å². The van der Waals surface area contributed by atoms with Crippen LogP contribution in [-0.4, -0.2) is 18.4 Å². The minimum absolute atomic E-state index is 0.129. The van der Waals surface area contributed by atoms with E-state index in [0.717, 1.165) is 24.3 Å². The molecular formula is C12H13F3N2O2. The summed E-state index contributed by atoms with van der Waals surface area (Å²) in [6.07, 6.45) is -3.75. The highest BCUT2D eigenvalue weighted by Crippen LogP contribution is 2.29. The van der Waals surface area contributed by atoms with E-state index in [4.69, 9.17) is 0 Å². The van der Waals surface area contributed by atoms with E-state index in [1.165, 1.54) is 0 Å². The lowest BCUT2D eigenvalue weighted by molar-refractivity contribution is -0.137. The third kappa shape index (κ3) is 4.61. The van der Waals surface area contributed by atoms with Crippen LogP contribution in [0.3, 0.4) is 0 Å². The van der Waals surface area contributed by atoms with Gasteiger partial charge in [0.15, 0.2) is 0 Å². The first-order valence-corrected chi connectivity index (χ1v) is 5.61. The predicted molar refractivity (Wildman–Crippen MR) is 63.4 cm³/mol. The van der Waals surface area contributed by atoms with E-state index in [1.807, 2.05) is 6.92 Å². The van der Waals surface area contributed by atoms with Crippen LogP contribution < -0.4 is 10.6 Å². The van der Waals surface area contributed by atoms with Crippen molar-refractivity contribution >= 4 is 17.5 Å². The van der Waals surface area contributed by atoms with Crippen LogP contribution in [0.15, 0.2) is 24.3 Å². The van der Waals surface area contributed by atoms with Crippen molar-refractivity contribution < 1.29 is 22.8 Å². The molecule has 0 saturated carbocycles. The molecule has 0 bridgehead atoms. The molecule has 0 aromatic heterocycles. The van der Waals surface area contributed by atoms with E-state index in [1.54, 1.807) is 0 Å². The van der Waals surface area contributed by atoms with Gasteiger partial charge in [-0.25, -0.2) is 0 Å². The number of halogens is 3. The molecule has 0 atom stereocenters. The molecule has 1 aromatic carbocycles. The Kier molecular flexibility index (Phi) is 4.91. The van der Waals surface area contributed by atoms with Gasteiger partial charge in [0.2, 0.25) is 0 Å². The summed E-state index contributed by atoms with van der Waals surface area (Å²) in [7, 11) is 0. The summed E-state index contributed by atoms with van der Waals surface area (Å²) in [6.45, 7) is 2.19. The molecule has 0 aliphatic heterocycles. The Morgan fingerprint density at radius 2 is 1.68 bits per heavy atom. The molecule has 19 heavy (non-hydrogen) atoms. The molecule has 1 aromatic rings. The van der Waals surface area contributed by atoms with Crippen LogP contribution in [0.5, 0.6) is 0 Å². The minimum atomic E-state index is -4.43. The largest absolute Gasteiger partial charge is 0.416 e. The molecular weight excluding hydrogens is 261 g/mol. The summed E-state index contributed by atoms with van der Waals surface area (Å²) in [4.78, 5) is 22.6. The first-order valence-electron chi connectivity index (χ1n) is 5.61. The summed E-state index contributed by atoms with van der Waals surface area (Å²) in [6, 6.07) is 3.85. The second kappa shape index (κ2) is 6.21. The fraction of sp³-hybridized carbons (Fsp3) is 0.333. The van der Waals surface area contributed by atoms with Gasteiger partial charge in [-0.15, -0.1) is 0 Å². The first kappa shape index (κ1) is 15.0. The zero-order chi connectivity index (χ0) is 14.5. The van der Waals surface area contributed by atoms with Crippen molar-refractivity contribution in [1.29, 1.82) is 0 Å². The highest BCUT2D eigenvalue weighted by Gasteiger charge is 2.30. The second-order valence-electron chi connectivity index (χ2n) is 3.79. The molecule has 0 fully saturated rings. The van der Waals surface area contributed by atoms with Crippen LogP contribution in [-0.2, 0) is 15.8 Å². The second-order valence-corrected chi connectivity index (χ2v) is 3.79. The number of nitrogens with one attached hydrogen (secondary N) is 2. The van der Waals surface area contributed by atoms with Gasteiger partial charge < -0.3 is 10.6 Å². The Bertz CT molecular complexity index is 455. The van der Waals surface area contributed by atoms with Crippen molar-refractivity contribution in [1.82, 2.24) is 5.32 Å². The molecule has 0 saturated heterocycles. The van der Waals surface area contributed by atoms with Crippen molar-refractivity contribution in [3.05, 3.63) is 29.8 Å². The zero-order valence-corrected chi connectivity index (χ0v) is 10.2. The number of hydrogen-bond acceptors (Lipinski definition) is 2. The molecule has 4 nitrogen and oxygen atoms in total. The molecule has 0 spiro atoms. The van der Waals surface area contributed by atoms with Crippen molar-refractivity contribution in [2.45, 2.75) is 19.5 Å². The van der Waals surface area contributed by atoms with Gasteiger partial charge in [0.25, 0.3) is 0 Å². The van der Waals surface area contributed by atoms with Gasteiger partial charge in [-0.2, -0.15) is 13.2 Å². The average Bonchev–Trinajstić information content (AvgIpc) is 2.35. The Hall–Kier alpha value is -2.05. The Morgan fingerprint density at radius 1 is 1.11 bits per heavy atom. The fourth-order valence-corrected chi connectivity index (χ4v) is 1.25. The van der Waals surface area contributed by atoms with Crippen LogP contribution in [0.25, 0.3) is 0 Å². The first-order chi connectivity index (χ1) is 8.84. The van der Waals surface area contributed by atoms with Crippen LogP contribution in [0.1, 0.15) is 18.9 Å². The van der Waals surface area contributed by atoms with Gasteiger partial charge >= 0.3 is 18.0 Å². The van der Waals surface area contributed by atoms with Crippen molar-refractivity contribution in [3.8, 4) is 0 Å². The predicted octanol–water partition coefficient (Wildman–Crippen LogP) is 2.17. The minimum Gasteiger partial charge on any atom is -0.348 e. The van der Waals surface area contributed by atoms with Gasteiger partial charge in [0, 0.05) is 12.2 Å². The normalized spacial score (nSPS) is 10.9. The van der Waals surface area contributed by atoms with E-state index in [0.29, 0.717) is 13.0 Å². The maximum absolute atomic E-state index is 12.3. The van der Waals surface area contributed by atoms with Crippen LogP contribution in [0.4, 0.5) is 18.9 Å². The molecule has 2 amide bonds. The number of benzene rings is 1. The molecule has 1 rings (SSSR count). The smallest absolute Gasteiger partial charge is 0.348 e. The fourth-order valence-electron chi connectivity index (χ4n) is 1.25. The van der Waals surface area contributed by atoms with E-state index < -0.39 is 23.6 Å². The lowest BCUT2D eigenvalue weighted by Gasteiger charge is -2.08. The van der Waals surface area contributed by atoms with Crippen molar-refractivity contribution in [2.24, 2.45) is 0 Å². The lowest BCUT2D eigenvalue weighted by atomic mass is 10.2. The summed E-state index contributed by atoms with van der Waals surface area (Å²) in [5.41, 5.74) is -0.689. The number of anilines is 1.